The molecule has 1 heterocycles. The van der Waals surface area contributed by atoms with Crippen LogP contribution in [0, 0.1) is 5.92 Å². The molecule has 3 nitrogen and oxygen atoms in total. The molecular weight excluding hydrogens is 202 g/mol. The zero-order chi connectivity index (χ0) is 11.4. The fourth-order valence-corrected chi connectivity index (χ4v) is 3.30. The van der Waals surface area contributed by atoms with Gasteiger partial charge < -0.3 is 5.11 Å². The molecule has 1 saturated heterocycles. The molecule has 1 atom stereocenters. The molecule has 0 amide bonds. The van der Waals surface area contributed by atoms with Crippen molar-refractivity contribution in [1.82, 2.24) is 4.90 Å². The summed E-state index contributed by atoms with van der Waals surface area (Å²) < 4.78 is 0. The quantitative estimate of drug-likeness (QED) is 0.750. The Bertz CT molecular complexity index is 228. The van der Waals surface area contributed by atoms with Crippen LogP contribution in [0.25, 0.3) is 0 Å². The molecule has 0 radical (unpaired) electrons. The van der Waals surface area contributed by atoms with Crippen molar-refractivity contribution in [2.24, 2.45) is 5.92 Å². The maximum atomic E-state index is 11.5. The van der Waals surface area contributed by atoms with Gasteiger partial charge in [0.25, 0.3) is 0 Å². The molecule has 1 N–H and O–H groups in total. The third kappa shape index (κ3) is 2.76. The van der Waals surface area contributed by atoms with Gasteiger partial charge in [-0.05, 0) is 44.7 Å². The van der Waals surface area contributed by atoms with Gasteiger partial charge in [-0.1, -0.05) is 25.7 Å². The standard InChI is InChI=1S/C13H23NO2/c15-13(16)12(14-9-5-6-10-14)11-7-3-1-2-4-8-11/h11-12H,1-10H2,(H,15,16). The molecule has 1 aliphatic carbocycles. The van der Waals surface area contributed by atoms with Crippen LogP contribution in [0.2, 0.25) is 0 Å². The molecule has 2 fully saturated rings. The van der Waals surface area contributed by atoms with Crippen molar-refractivity contribution in [3.05, 3.63) is 0 Å². The van der Waals surface area contributed by atoms with Gasteiger partial charge in [-0.15, -0.1) is 0 Å². The average Bonchev–Trinajstić information content (AvgIpc) is 2.62. The summed E-state index contributed by atoms with van der Waals surface area (Å²) >= 11 is 0. The van der Waals surface area contributed by atoms with Crippen molar-refractivity contribution in [1.29, 1.82) is 0 Å². The second-order valence-corrected chi connectivity index (χ2v) is 5.28. The lowest BCUT2D eigenvalue weighted by Gasteiger charge is -2.30. The number of carbonyl (C=O) groups is 1. The molecule has 1 unspecified atom stereocenters. The molecule has 0 aromatic carbocycles. The highest BCUT2D eigenvalue weighted by Gasteiger charge is 2.34. The van der Waals surface area contributed by atoms with Crippen molar-refractivity contribution >= 4 is 5.97 Å². The summed E-state index contributed by atoms with van der Waals surface area (Å²) in [6.07, 6.45) is 9.63. The first-order valence-electron chi connectivity index (χ1n) is 6.76. The second-order valence-electron chi connectivity index (χ2n) is 5.28. The maximum absolute atomic E-state index is 11.5. The Hall–Kier alpha value is -0.570. The van der Waals surface area contributed by atoms with Crippen molar-refractivity contribution in [2.45, 2.75) is 57.4 Å². The fraction of sp³-hybridized carbons (Fsp3) is 0.923. The lowest BCUT2D eigenvalue weighted by atomic mass is 9.91. The Balaban J connectivity index is 2.01. The van der Waals surface area contributed by atoms with Gasteiger partial charge in [0.1, 0.15) is 6.04 Å². The van der Waals surface area contributed by atoms with Gasteiger partial charge in [-0.3, -0.25) is 9.69 Å². The zero-order valence-corrected chi connectivity index (χ0v) is 10.0. The van der Waals surface area contributed by atoms with Crippen molar-refractivity contribution < 1.29 is 9.90 Å². The first-order chi connectivity index (χ1) is 7.79. The highest BCUT2D eigenvalue weighted by Crippen LogP contribution is 2.29. The SMILES string of the molecule is O=C(O)C(C1CCCCCC1)N1CCCC1. The summed E-state index contributed by atoms with van der Waals surface area (Å²) in [6.45, 7) is 1.99. The number of carboxylic acid groups (broad SMARTS) is 1. The number of aliphatic carboxylic acids is 1. The summed E-state index contributed by atoms with van der Waals surface area (Å²) in [5, 5.41) is 9.44. The first kappa shape index (κ1) is 11.9. The molecule has 0 spiro atoms. The van der Waals surface area contributed by atoms with E-state index in [2.05, 4.69) is 4.90 Å². The molecule has 1 saturated carbocycles. The zero-order valence-electron chi connectivity index (χ0n) is 10.0. The highest BCUT2D eigenvalue weighted by molar-refractivity contribution is 5.74. The smallest absolute Gasteiger partial charge is 0.321 e. The molecule has 1 aliphatic heterocycles. The van der Waals surface area contributed by atoms with Crippen LogP contribution in [-0.4, -0.2) is 35.1 Å². The summed E-state index contributed by atoms with van der Waals surface area (Å²) in [7, 11) is 0. The lowest BCUT2D eigenvalue weighted by molar-refractivity contribution is -0.145. The lowest BCUT2D eigenvalue weighted by Crippen LogP contribution is -2.44. The Morgan fingerprint density at radius 3 is 2.06 bits per heavy atom. The minimum absolute atomic E-state index is 0.194. The third-order valence-electron chi connectivity index (χ3n) is 4.13. The van der Waals surface area contributed by atoms with Gasteiger partial charge in [-0.25, -0.2) is 0 Å². The fourth-order valence-electron chi connectivity index (χ4n) is 3.30. The maximum Gasteiger partial charge on any atom is 0.321 e. The normalized spacial score (nSPS) is 26.5. The van der Waals surface area contributed by atoms with Crippen LogP contribution in [0.5, 0.6) is 0 Å². The molecule has 2 rings (SSSR count). The van der Waals surface area contributed by atoms with Gasteiger partial charge in [-0.2, -0.15) is 0 Å². The molecule has 16 heavy (non-hydrogen) atoms. The van der Waals surface area contributed by atoms with Gasteiger partial charge in [0.15, 0.2) is 0 Å². The number of hydrogen-bond acceptors (Lipinski definition) is 2. The van der Waals surface area contributed by atoms with Crippen molar-refractivity contribution in [3.63, 3.8) is 0 Å². The van der Waals surface area contributed by atoms with Crippen LogP contribution in [-0.2, 0) is 4.79 Å². The third-order valence-corrected chi connectivity index (χ3v) is 4.13. The van der Waals surface area contributed by atoms with E-state index in [0.717, 1.165) is 25.9 Å². The van der Waals surface area contributed by atoms with E-state index in [1.54, 1.807) is 0 Å². The van der Waals surface area contributed by atoms with Gasteiger partial charge in [0, 0.05) is 0 Å². The van der Waals surface area contributed by atoms with E-state index >= 15 is 0 Å². The Morgan fingerprint density at radius 1 is 1.00 bits per heavy atom. The van der Waals surface area contributed by atoms with Crippen molar-refractivity contribution in [3.8, 4) is 0 Å². The minimum Gasteiger partial charge on any atom is -0.480 e. The summed E-state index contributed by atoms with van der Waals surface area (Å²) in [5.74, 6) is -0.188. The van der Waals surface area contributed by atoms with E-state index in [1.165, 1.54) is 38.5 Å². The molecule has 2 aliphatic rings. The summed E-state index contributed by atoms with van der Waals surface area (Å²) in [6, 6.07) is -0.194. The summed E-state index contributed by atoms with van der Waals surface area (Å²) in [4.78, 5) is 13.7. The van der Waals surface area contributed by atoms with E-state index < -0.39 is 5.97 Å². The van der Waals surface area contributed by atoms with Crippen LogP contribution < -0.4 is 0 Å². The predicted octanol–water partition coefficient (Wildman–Crippen LogP) is 2.51. The number of carboxylic acids is 1. The molecule has 0 bridgehead atoms. The molecule has 92 valence electrons. The van der Waals surface area contributed by atoms with E-state index in [-0.39, 0.29) is 6.04 Å². The van der Waals surface area contributed by atoms with E-state index in [9.17, 15) is 9.90 Å². The molecule has 3 heteroatoms. The van der Waals surface area contributed by atoms with E-state index in [4.69, 9.17) is 0 Å². The van der Waals surface area contributed by atoms with Crippen molar-refractivity contribution in [2.75, 3.05) is 13.1 Å². The first-order valence-corrected chi connectivity index (χ1v) is 6.76. The average molecular weight is 225 g/mol. The molecular formula is C13H23NO2. The number of likely N-dealkylation sites (tertiary alicyclic amines) is 1. The number of rotatable bonds is 3. The van der Waals surface area contributed by atoms with Crippen LogP contribution >= 0.6 is 0 Å². The Kier molecular flexibility index (Phi) is 4.22. The van der Waals surface area contributed by atoms with E-state index in [1.807, 2.05) is 0 Å². The van der Waals surface area contributed by atoms with Crippen LogP contribution in [0.4, 0.5) is 0 Å². The minimum atomic E-state index is -0.589. The molecule has 0 aromatic heterocycles. The monoisotopic (exact) mass is 225 g/mol. The van der Waals surface area contributed by atoms with Gasteiger partial charge in [0.05, 0.1) is 0 Å². The Labute approximate surface area is 97.8 Å². The Morgan fingerprint density at radius 2 is 1.56 bits per heavy atom. The number of hydrogen-bond donors (Lipinski definition) is 1. The van der Waals surface area contributed by atoms with Crippen LogP contribution in [0.15, 0.2) is 0 Å². The van der Waals surface area contributed by atoms with Gasteiger partial charge >= 0.3 is 5.97 Å². The van der Waals surface area contributed by atoms with Crippen LogP contribution in [0.3, 0.4) is 0 Å². The topological polar surface area (TPSA) is 40.5 Å². The second kappa shape index (κ2) is 5.67. The van der Waals surface area contributed by atoms with E-state index in [0.29, 0.717) is 5.92 Å². The highest BCUT2D eigenvalue weighted by atomic mass is 16.4. The predicted molar refractivity (Wildman–Crippen MR) is 63.4 cm³/mol. The molecule has 0 aromatic rings. The van der Waals surface area contributed by atoms with Gasteiger partial charge in [0.2, 0.25) is 0 Å². The summed E-state index contributed by atoms with van der Waals surface area (Å²) in [5.41, 5.74) is 0. The van der Waals surface area contributed by atoms with Crippen LogP contribution in [0.1, 0.15) is 51.4 Å². The number of nitrogens with zero attached hydrogens (tertiary/aromatic N) is 1. The largest absolute Gasteiger partial charge is 0.480 e.